The summed E-state index contributed by atoms with van der Waals surface area (Å²) in [6.07, 6.45) is 1.56. The first kappa shape index (κ1) is 12.1. The molecule has 0 saturated heterocycles. The van der Waals surface area contributed by atoms with Crippen LogP contribution in [0.1, 0.15) is 12.7 Å². The molecule has 0 fully saturated rings. The highest BCUT2D eigenvalue weighted by Gasteiger charge is 2.14. The molecule has 0 aliphatic heterocycles. The molecular formula is C8H14N6O2. The van der Waals surface area contributed by atoms with Crippen molar-refractivity contribution in [3.8, 4) is 0 Å². The minimum atomic E-state index is -0.864. The minimum absolute atomic E-state index is 0.379. The smallest absolute Gasteiger partial charge is 0.318 e. The van der Waals surface area contributed by atoms with Crippen LogP contribution in [0.2, 0.25) is 0 Å². The van der Waals surface area contributed by atoms with Gasteiger partial charge in [-0.25, -0.2) is 4.79 Å². The lowest BCUT2D eigenvalue weighted by Crippen LogP contribution is -2.46. The van der Waals surface area contributed by atoms with Crippen LogP contribution in [-0.2, 0) is 18.4 Å². The number of rotatable bonds is 4. The highest BCUT2D eigenvalue weighted by molar-refractivity contribution is 5.96. The van der Waals surface area contributed by atoms with E-state index in [4.69, 9.17) is 5.73 Å². The molecule has 8 nitrogen and oxygen atoms in total. The molecule has 0 aromatic carbocycles. The van der Waals surface area contributed by atoms with Gasteiger partial charge in [-0.2, -0.15) is 0 Å². The number of nitrogens with zero attached hydrogens (tertiary/aromatic N) is 3. The van der Waals surface area contributed by atoms with Gasteiger partial charge < -0.3 is 10.3 Å². The first-order valence-corrected chi connectivity index (χ1v) is 4.67. The molecule has 88 valence electrons. The Bertz CT molecular complexity index is 388. The summed E-state index contributed by atoms with van der Waals surface area (Å²) in [5.74, 6) is 0.216. The lowest BCUT2D eigenvalue weighted by Gasteiger charge is -2.11. The SMILES string of the molecule is CC(NCc1nncn1C)C(=O)NC(N)=O. The second kappa shape index (κ2) is 5.21. The number of urea groups is 1. The molecule has 0 radical (unpaired) electrons. The average Bonchev–Trinajstić information content (AvgIpc) is 2.59. The van der Waals surface area contributed by atoms with Gasteiger partial charge in [-0.05, 0) is 6.92 Å². The van der Waals surface area contributed by atoms with Crippen LogP contribution in [-0.4, -0.2) is 32.7 Å². The van der Waals surface area contributed by atoms with Crippen molar-refractivity contribution in [2.45, 2.75) is 19.5 Å². The van der Waals surface area contributed by atoms with E-state index in [9.17, 15) is 9.59 Å². The Hall–Kier alpha value is -1.96. The van der Waals surface area contributed by atoms with Crippen LogP contribution < -0.4 is 16.4 Å². The van der Waals surface area contributed by atoms with Crippen LogP contribution in [0.4, 0.5) is 4.79 Å². The zero-order valence-corrected chi connectivity index (χ0v) is 9.10. The molecule has 4 N–H and O–H groups in total. The summed E-state index contributed by atoms with van der Waals surface area (Å²) in [6.45, 7) is 2.00. The fourth-order valence-corrected chi connectivity index (χ4v) is 1.03. The molecule has 1 aromatic heterocycles. The lowest BCUT2D eigenvalue weighted by molar-refractivity contribution is -0.121. The van der Waals surface area contributed by atoms with E-state index in [1.807, 2.05) is 5.32 Å². The van der Waals surface area contributed by atoms with E-state index in [1.165, 1.54) is 0 Å². The van der Waals surface area contributed by atoms with Gasteiger partial charge in [-0.3, -0.25) is 15.4 Å². The third kappa shape index (κ3) is 3.31. The van der Waals surface area contributed by atoms with Crippen molar-refractivity contribution in [3.05, 3.63) is 12.2 Å². The zero-order valence-electron chi connectivity index (χ0n) is 9.10. The third-order valence-electron chi connectivity index (χ3n) is 2.01. The normalized spacial score (nSPS) is 12.1. The highest BCUT2D eigenvalue weighted by Crippen LogP contribution is 1.92. The third-order valence-corrected chi connectivity index (χ3v) is 2.01. The quantitative estimate of drug-likeness (QED) is 0.577. The van der Waals surface area contributed by atoms with Crippen LogP contribution in [0.5, 0.6) is 0 Å². The predicted molar refractivity (Wildman–Crippen MR) is 55.0 cm³/mol. The van der Waals surface area contributed by atoms with Gasteiger partial charge in [-0.1, -0.05) is 0 Å². The molecule has 0 spiro atoms. The van der Waals surface area contributed by atoms with Gasteiger partial charge in [0.2, 0.25) is 5.91 Å². The molecule has 1 heterocycles. The summed E-state index contributed by atoms with van der Waals surface area (Å²) in [7, 11) is 1.80. The van der Waals surface area contributed by atoms with Gasteiger partial charge in [0, 0.05) is 7.05 Å². The fraction of sp³-hybridized carbons (Fsp3) is 0.500. The molecule has 8 heteroatoms. The summed E-state index contributed by atoms with van der Waals surface area (Å²) in [6, 6.07) is -1.40. The van der Waals surface area contributed by atoms with E-state index in [1.54, 1.807) is 24.9 Å². The highest BCUT2D eigenvalue weighted by atomic mass is 16.2. The summed E-state index contributed by atoms with van der Waals surface area (Å²) in [4.78, 5) is 21.7. The number of imide groups is 1. The number of carbonyl (C=O) groups excluding carboxylic acids is 2. The second-order valence-corrected chi connectivity index (χ2v) is 3.31. The molecule has 16 heavy (non-hydrogen) atoms. The first-order valence-electron chi connectivity index (χ1n) is 4.67. The Morgan fingerprint density at radius 3 is 2.81 bits per heavy atom. The van der Waals surface area contributed by atoms with Gasteiger partial charge in [0.1, 0.15) is 12.2 Å². The molecule has 1 atom stereocenters. The number of aromatic nitrogens is 3. The van der Waals surface area contributed by atoms with E-state index in [0.717, 1.165) is 0 Å². The van der Waals surface area contributed by atoms with Gasteiger partial charge in [-0.15, -0.1) is 10.2 Å². The second-order valence-electron chi connectivity index (χ2n) is 3.31. The largest absolute Gasteiger partial charge is 0.351 e. The Kier molecular flexibility index (Phi) is 3.95. The minimum Gasteiger partial charge on any atom is -0.351 e. The number of amides is 3. The van der Waals surface area contributed by atoms with Gasteiger partial charge in [0.15, 0.2) is 0 Å². The molecule has 1 aromatic rings. The maximum atomic E-state index is 11.3. The topological polar surface area (TPSA) is 115 Å². The molecular weight excluding hydrogens is 212 g/mol. The van der Waals surface area contributed by atoms with Crippen molar-refractivity contribution in [3.63, 3.8) is 0 Å². The van der Waals surface area contributed by atoms with Gasteiger partial charge >= 0.3 is 6.03 Å². The Balaban J connectivity index is 2.41. The number of nitrogens with two attached hydrogens (primary N) is 1. The van der Waals surface area contributed by atoms with Crippen molar-refractivity contribution in [2.24, 2.45) is 12.8 Å². The summed E-state index contributed by atoms with van der Waals surface area (Å²) < 4.78 is 1.73. The van der Waals surface area contributed by atoms with E-state index < -0.39 is 18.0 Å². The monoisotopic (exact) mass is 226 g/mol. The number of nitrogens with one attached hydrogen (secondary N) is 2. The van der Waals surface area contributed by atoms with Crippen molar-refractivity contribution >= 4 is 11.9 Å². The molecule has 0 bridgehead atoms. The average molecular weight is 226 g/mol. The lowest BCUT2D eigenvalue weighted by atomic mass is 10.3. The van der Waals surface area contributed by atoms with E-state index in [2.05, 4.69) is 15.5 Å². The van der Waals surface area contributed by atoms with Gasteiger partial charge in [0.25, 0.3) is 0 Å². The Labute approximate surface area is 92.2 Å². The number of hydrogen-bond acceptors (Lipinski definition) is 5. The van der Waals surface area contributed by atoms with E-state index in [-0.39, 0.29) is 0 Å². The Morgan fingerprint density at radius 2 is 2.31 bits per heavy atom. The number of primary amides is 1. The fourth-order valence-electron chi connectivity index (χ4n) is 1.03. The maximum Gasteiger partial charge on any atom is 0.318 e. The molecule has 0 saturated carbocycles. The first-order chi connectivity index (χ1) is 7.50. The van der Waals surface area contributed by atoms with Gasteiger partial charge in [0.05, 0.1) is 12.6 Å². The van der Waals surface area contributed by atoms with Crippen molar-refractivity contribution in [2.75, 3.05) is 0 Å². The molecule has 0 aliphatic carbocycles. The zero-order chi connectivity index (χ0) is 12.1. The summed E-state index contributed by atoms with van der Waals surface area (Å²) in [5.41, 5.74) is 4.82. The number of hydrogen-bond donors (Lipinski definition) is 3. The van der Waals surface area contributed by atoms with Crippen molar-refractivity contribution in [1.82, 2.24) is 25.4 Å². The standard InChI is InChI=1S/C8H14N6O2/c1-5(7(15)12-8(9)16)10-3-6-13-11-4-14(6)2/h4-5,10H,3H2,1-2H3,(H3,9,12,15,16). The van der Waals surface area contributed by atoms with Crippen molar-refractivity contribution in [1.29, 1.82) is 0 Å². The van der Waals surface area contributed by atoms with Crippen molar-refractivity contribution < 1.29 is 9.59 Å². The van der Waals surface area contributed by atoms with Crippen LogP contribution in [0.3, 0.4) is 0 Å². The number of carbonyl (C=O) groups is 2. The predicted octanol–water partition coefficient (Wildman–Crippen LogP) is -1.51. The molecule has 3 amide bonds. The van der Waals surface area contributed by atoms with E-state index >= 15 is 0 Å². The summed E-state index contributed by atoms with van der Waals surface area (Å²) in [5, 5.41) is 12.4. The molecule has 0 aliphatic rings. The van der Waals surface area contributed by atoms with Crippen LogP contribution in [0, 0.1) is 0 Å². The summed E-state index contributed by atoms with van der Waals surface area (Å²) >= 11 is 0. The maximum absolute atomic E-state index is 11.3. The Morgan fingerprint density at radius 1 is 1.62 bits per heavy atom. The van der Waals surface area contributed by atoms with Crippen LogP contribution >= 0.6 is 0 Å². The number of aryl methyl sites for hydroxylation is 1. The van der Waals surface area contributed by atoms with Crippen LogP contribution in [0.15, 0.2) is 6.33 Å². The molecule has 1 rings (SSSR count). The van der Waals surface area contributed by atoms with Crippen LogP contribution in [0.25, 0.3) is 0 Å². The molecule has 1 unspecified atom stereocenters. The van der Waals surface area contributed by atoms with E-state index in [0.29, 0.717) is 12.4 Å².